The summed E-state index contributed by atoms with van der Waals surface area (Å²) >= 11 is 0.648. The molecule has 498 valence electrons. The number of carboxylic acid groups (broad SMARTS) is 2. The fourth-order valence-corrected chi connectivity index (χ4v) is 10.2. The second-order valence-electron chi connectivity index (χ2n) is 19.6. The van der Waals surface area contributed by atoms with Crippen LogP contribution in [0.5, 0.6) is 0 Å². The molecule has 0 aromatic heterocycles. The van der Waals surface area contributed by atoms with E-state index in [-0.39, 0.29) is 57.1 Å². The van der Waals surface area contributed by atoms with Gasteiger partial charge in [-0.3, -0.25) is 18.0 Å². The number of fused-ring (bicyclic) bond motifs is 2. The van der Waals surface area contributed by atoms with Gasteiger partial charge in [0.1, 0.15) is 55.3 Å². The van der Waals surface area contributed by atoms with Gasteiger partial charge in [-0.15, -0.1) is 6.42 Å². The first-order valence-electron chi connectivity index (χ1n) is 22.8. The zero-order valence-corrected chi connectivity index (χ0v) is 49.1. The van der Waals surface area contributed by atoms with Gasteiger partial charge in [-0.05, 0) is 88.0 Å². The quantitative estimate of drug-likeness (QED) is 0.0356. The highest BCUT2D eigenvalue weighted by Gasteiger charge is 2.77. The van der Waals surface area contributed by atoms with Gasteiger partial charge in [0.25, 0.3) is 0 Å². The van der Waals surface area contributed by atoms with Crippen molar-refractivity contribution in [3.63, 3.8) is 0 Å². The molecule has 6 fully saturated rings. The second-order valence-corrected chi connectivity index (χ2v) is 25.6. The van der Waals surface area contributed by atoms with E-state index in [9.17, 15) is 96.7 Å². The van der Waals surface area contributed by atoms with Crippen LogP contribution >= 0.6 is 45.2 Å². The summed E-state index contributed by atoms with van der Waals surface area (Å²) in [5.74, 6) is -11.7. The number of halogens is 18. The highest BCUT2D eigenvalue weighted by Crippen LogP contribution is 2.53. The molecule has 4 unspecified atom stereocenters. The summed E-state index contributed by atoms with van der Waals surface area (Å²) in [6, 6.07) is 0. The minimum Gasteiger partial charge on any atom is -0.481 e. The zero-order valence-electron chi connectivity index (χ0n) is 43.1. The van der Waals surface area contributed by atoms with Crippen LogP contribution in [0.15, 0.2) is 9.66 Å². The Balaban J connectivity index is 0.000000524. The Labute approximate surface area is 501 Å². The molecular formula is C43H56F16I2O22S2. The fourth-order valence-electron chi connectivity index (χ4n) is 7.52. The Morgan fingerprint density at radius 2 is 0.918 bits per heavy atom. The molecule has 2 N–H and O–H groups in total. The van der Waals surface area contributed by atoms with Gasteiger partial charge in [-0.1, -0.05) is 20.8 Å². The molecule has 0 aromatic carbocycles. The lowest BCUT2D eigenvalue weighted by molar-refractivity contribution is -0.449. The number of ether oxygens (including phenoxy) is 12. The number of carboxylic acids is 2. The van der Waals surface area contributed by atoms with E-state index < -0.39 is 184 Å². The molecule has 0 saturated carbocycles. The predicted octanol–water partition coefficient (Wildman–Crippen LogP) is 9.26. The molecule has 22 nitrogen and oxygen atoms in total. The van der Waals surface area contributed by atoms with Gasteiger partial charge in [0.2, 0.25) is 0 Å². The second kappa shape index (κ2) is 26.6. The molecule has 6 saturated heterocycles. The van der Waals surface area contributed by atoms with Crippen LogP contribution in [0.3, 0.4) is 0 Å². The first-order chi connectivity index (χ1) is 36.9. The lowest BCUT2D eigenvalue weighted by atomic mass is 10.1. The van der Waals surface area contributed by atoms with E-state index >= 15 is 0 Å². The Kier molecular flexibility index (Phi) is 24.8. The summed E-state index contributed by atoms with van der Waals surface area (Å²) in [6.45, 7) is 10.4. The standard InChI is InChI=1S/C21H25F8IO11S.C16H19F8IO9S.C4H4O2.2CH4/c1-16(2)35-8-10(37-16)12-13(14-15(36-12)39-17(3,4)38-14)40-42(33,34)21(28,29)20(26,27)41-19(24,25)18(22,23)7-9(30)5-6-11(31)32;1-11(2)28-5-6(30-11)7-8(9-10(29-7)32-12(3,4)31-9)33-35(26,27)16(23,24)15(21,22)34-14(19,20)13(17,18)25;1-2-3-4(5)6;;/h7,10,12-15H,5-6,8H2,1-4H3,(H,31,32);6-10H,5H2,1-4H3;1H,3H2,(H,5,6);2*1H4/t10?,12-,13?,14+,15-;6?,7-,8?,9+,10-;;;/m11.../s1. The van der Waals surface area contributed by atoms with Crippen molar-refractivity contribution in [1.82, 2.24) is 0 Å². The third-order valence-corrected chi connectivity index (χ3v) is 15.2. The Morgan fingerprint density at radius 1 is 0.565 bits per heavy atom. The lowest BCUT2D eigenvalue weighted by Crippen LogP contribution is -2.57. The summed E-state index contributed by atoms with van der Waals surface area (Å²) in [7, 11) is -13.9. The van der Waals surface area contributed by atoms with E-state index in [2.05, 4.69) is 24.3 Å². The van der Waals surface area contributed by atoms with Gasteiger partial charge >= 0.3 is 77.0 Å². The minimum atomic E-state index is -7.01. The molecule has 0 aliphatic carbocycles. The SMILES string of the molecule is C.C.C#CCC(=O)O.CC1(C)OCC([C@H]2O[C@@H]3OC(C)(C)O[C@H]3C2OS(=O)(=O)C(F)(F)C(F)(F)OC(F)(F)C(F)(F)C=C(I)CCC(=O)O)O1.CC1(C)OCC([C@H]2O[C@@H]3OC(C)(C)O[C@H]3C2OS(=O)(=O)C(F)(F)C(F)(F)OC(F)(F)C(F)(F)I)O1. The molecule has 42 heteroatoms. The third kappa shape index (κ3) is 18.3. The number of hydrogen-bond donors (Lipinski definition) is 2. The molecular weight excluding hydrogens is 1490 g/mol. The van der Waals surface area contributed by atoms with Crippen LogP contribution in [0.25, 0.3) is 0 Å². The van der Waals surface area contributed by atoms with Gasteiger partial charge in [-0.25, -0.2) is 9.47 Å². The highest BCUT2D eigenvalue weighted by atomic mass is 127. The topological polar surface area (TPSA) is 272 Å². The molecule has 6 aliphatic heterocycles. The summed E-state index contributed by atoms with van der Waals surface area (Å²) in [5, 5.41) is 3.05. The first-order valence-corrected chi connectivity index (χ1v) is 27.8. The minimum absolute atomic E-state index is 0. The number of rotatable bonds is 21. The summed E-state index contributed by atoms with van der Waals surface area (Å²) in [5.41, 5.74) is 0. The number of carbonyl (C=O) groups is 2. The van der Waals surface area contributed by atoms with E-state index in [0.717, 1.165) is 22.6 Å². The number of terminal acetylenes is 1. The van der Waals surface area contributed by atoms with Gasteiger partial charge < -0.3 is 57.6 Å². The predicted molar refractivity (Wildman–Crippen MR) is 264 cm³/mol. The normalized spacial score (nSPS) is 29.4. The van der Waals surface area contributed by atoms with Crippen LogP contribution in [0.2, 0.25) is 0 Å². The van der Waals surface area contributed by atoms with Gasteiger partial charge in [0.05, 0.1) is 13.2 Å². The summed E-state index contributed by atoms with van der Waals surface area (Å²) < 4.78 is 334. The number of hydrogen-bond acceptors (Lipinski definition) is 20. The van der Waals surface area contributed by atoms with Crippen LogP contribution in [-0.4, -0.2) is 182 Å². The smallest absolute Gasteiger partial charge is 0.460 e. The molecule has 0 spiro atoms. The number of aliphatic carboxylic acids is 2. The molecule has 0 amide bonds. The van der Waals surface area contributed by atoms with Gasteiger partial charge in [0.15, 0.2) is 35.7 Å². The van der Waals surface area contributed by atoms with Gasteiger partial charge in [-0.2, -0.15) is 87.1 Å². The van der Waals surface area contributed by atoms with E-state index in [4.69, 9.17) is 57.6 Å². The largest absolute Gasteiger partial charge is 0.481 e. The van der Waals surface area contributed by atoms with Crippen molar-refractivity contribution in [2.75, 3.05) is 13.2 Å². The van der Waals surface area contributed by atoms with Crippen molar-refractivity contribution in [2.24, 2.45) is 0 Å². The lowest BCUT2D eigenvalue weighted by Gasteiger charge is -2.33. The third-order valence-electron chi connectivity index (χ3n) is 11.0. The summed E-state index contributed by atoms with van der Waals surface area (Å²) in [6.07, 6.45) is -40.1. The van der Waals surface area contributed by atoms with E-state index in [1.807, 2.05) is 5.92 Å². The van der Waals surface area contributed by atoms with Crippen LogP contribution in [-0.2, 0) is 95.0 Å². The molecule has 0 aromatic rings. The van der Waals surface area contributed by atoms with E-state index in [1.54, 1.807) is 0 Å². The molecule has 6 heterocycles. The maximum absolute atomic E-state index is 14.7. The maximum Gasteiger partial charge on any atom is 0.460 e. The van der Waals surface area contributed by atoms with Crippen LogP contribution < -0.4 is 0 Å². The van der Waals surface area contributed by atoms with Crippen LogP contribution in [0, 0.1) is 12.3 Å². The Hall–Kier alpha value is -2.08. The molecule has 6 rings (SSSR count). The van der Waals surface area contributed by atoms with Crippen LogP contribution in [0.1, 0.15) is 89.5 Å². The first kappa shape index (κ1) is 79.0. The summed E-state index contributed by atoms with van der Waals surface area (Å²) in [4.78, 5) is 20.0. The zero-order chi connectivity index (χ0) is 64.4. The monoisotopic (exact) mass is 1550 g/mol. The molecule has 6 aliphatic rings. The van der Waals surface area contributed by atoms with Crippen molar-refractivity contribution in [1.29, 1.82) is 0 Å². The molecule has 0 radical (unpaired) electrons. The number of alkyl halides is 17. The fraction of sp³-hybridized carbons (Fsp3) is 0.860. The highest BCUT2D eigenvalue weighted by molar-refractivity contribution is 14.1. The molecule has 10 atom stereocenters. The van der Waals surface area contributed by atoms with Crippen molar-refractivity contribution in [3.8, 4) is 12.3 Å². The molecule has 85 heavy (non-hydrogen) atoms. The average molecular weight is 1550 g/mol. The molecule has 0 bridgehead atoms. The van der Waals surface area contributed by atoms with E-state index in [0.29, 0.717) is 0 Å². The van der Waals surface area contributed by atoms with Crippen molar-refractivity contribution >= 4 is 77.4 Å². The van der Waals surface area contributed by atoms with Crippen molar-refractivity contribution in [2.45, 2.75) is 219 Å². The Morgan fingerprint density at radius 3 is 1.20 bits per heavy atom. The maximum atomic E-state index is 14.7. The van der Waals surface area contributed by atoms with E-state index in [1.165, 1.54) is 55.4 Å². The van der Waals surface area contributed by atoms with Crippen molar-refractivity contribution < 1.29 is 172 Å². The van der Waals surface area contributed by atoms with Gasteiger partial charge in [0, 0.05) is 35.1 Å². The van der Waals surface area contributed by atoms with Crippen molar-refractivity contribution in [3.05, 3.63) is 9.66 Å². The van der Waals surface area contributed by atoms with Crippen LogP contribution in [0.4, 0.5) is 70.2 Å². The average Bonchev–Trinajstić information content (AvgIpc) is 2.09. The Bertz CT molecular complexity index is 2660. The number of allylic oxidation sites excluding steroid dienone is 1.